The van der Waals surface area contributed by atoms with Gasteiger partial charge in [-0.15, -0.1) is 0 Å². The summed E-state index contributed by atoms with van der Waals surface area (Å²) in [5.41, 5.74) is 4.39. The van der Waals surface area contributed by atoms with E-state index >= 15 is 0 Å². The molecule has 2 aromatic rings. The van der Waals surface area contributed by atoms with Gasteiger partial charge in [0.05, 0.1) is 7.11 Å². The number of hydrogen-bond donors (Lipinski definition) is 2. The summed E-state index contributed by atoms with van der Waals surface area (Å²) in [5, 5.41) is 0. The van der Waals surface area contributed by atoms with Gasteiger partial charge in [-0.3, -0.25) is 23.9 Å². The lowest BCUT2D eigenvalue weighted by Gasteiger charge is -2.09. The van der Waals surface area contributed by atoms with Gasteiger partial charge >= 0.3 is 11.7 Å². The van der Waals surface area contributed by atoms with Gasteiger partial charge in [-0.2, -0.15) is 0 Å². The maximum absolute atomic E-state index is 12.1. The summed E-state index contributed by atoms with van der Waals surface area (Å²) in [6, 6.07) is 7.23. The van der Waals surface area contributed by atoms with Crippen molar-refractivity contribution < 1.29 is 19.1 Å². The topological polar surface area (TPSA) is 133 Å². The molecule has 1 aromatic heterocycles. The molecule has 1 heterocycles. The van der Waals surface area contributed by atoms with E-state index in [0.29, 0.717) is 12.2 Å². The number of carbonyl (C=O) groups is 2. The zero-order valence-corrected chi connectivity index (χ0v) is 14.4. The van der Waals surface area contributed by atoms with Gasteiger partial charge in [0.15, 0.2) is 6.61 Å². The summed E-state index contributed by atoms with van der Waals surface area (Å²) in [6.45, 7) is -0.643. The summed E-state index contributed by atoms with van der Waals surface area (Å²) < 4.78 is 11.0. The summed E-state index contributed by atoms with van der Waals surface area (Å²) in [7, 11) is 2.84. The van der Waals surface area contributed by atoms with Crippen LogP contribution < -0.4 is 21.7 Å². The molecule has 138 valence electrons. The van der Waals surface area contributed by atoms with Gasteiger partial charge in [0.2, 0.25) is 5.78 Å². The molecule has 0 spiro atoms. The molecule has 2 rings (SSSR count). The molecule has 0 unspecified atom stereocenters. The number of Topliss-reactive ketones (excluding diaryl/α,β-unsaturated/α-hetero) is 1. The van der Waals surface area contributed by atoms with Gasteiger partial charge in [0, 0.05) is 13.5 Å². The number of aryl methyl sites for hydroxylation is 1. The first-order valence-corrected chi connectivity index (χ1v) is 7.74. The maximum atomic E-state index is 12.1. The minimum absolute atomic E-state index is 0.0345. The van der Waals surface area contributed by atoms with Crippen LogP contribution in [0.1, 0.15) is 22.3 Å². The molecule has 0 amide bonds. The van der Waals surface area contributed by atoms with Crippen molar-refractivity contribution in [2.45, 2.75) is 12.8 Å². The van der Waals surface area contributed by atoms with Crippen LogP contribution in [-0.2, 0) is 23.0 Å². The van der Waals surface area contributed by atoms with E-state index in [1.807, 2.05) is 23.2 Å². The van der Waals surface area contributed by atoms with Gasteiger partial charge in [0.1, 0.15) is 17.1 Å². The second-order valence-electron chi connectivity index (χ2n) is 5.47. The van der Waals surface area contributed by atoms with Gasteiger partial charge in [-0.05, 0) is 18.1 Å². The molecule has 0 saturated heterocycles. The third kappa shape index (κ3) is 4.18. The highest BCUT2D eigenvalue weighted by atomic mass is 16.5. The first kappa shape index (κ1) is 19.0. The monoisotopic (exact) mass is 361 g/mol. The average molecular weight is 361 g/mol. The van der Waals surface area contributed by atoms with Gasteiger partial charge in [-0.25, -0.2) is 4.79 Å². The number of nitrogens with two attached hydrogens (primary N) is 1. The van der Waals surface area contributed by atoms with E-state index < -0.39 is 35.2 Å². The van der Waals surface area contributed by atoms with Crippen molar-refractivity contribution in [3.63, 3.8) is 0 Å². The summed E-state index contributed by atoms with van der Waals surface area (Å²) >= 11 is 0. The Balaban J connectivity index is 1.98. The van der Waals surface area contributed by atoms with E-state index in [1.165, 1.54) is 14.2 Å². The van der Waals surface area contributed by atoms with Crippen LogP contribution in [0.15, 0.2) is 33.9 Å². The summed E-state index contributed by atoms with van der Waals surface area (Å²) in [6.07, 6.45) is 0.409. The van der Waals surface area contributed by atoms with Crippen LogP contribution in [-0.4, -0.2) is 35.0 Å². The number of carbonyl (C=O) groups excluding carboxylic acids is 2. The first-order chi connectivity index (χ1) is 12.3. The normalized spacial score (nSPS) is 10.4. The van der Waals surface area contributed by atoms with Crippen LogP contribution in [0.25, 0.3) is 0 Å². The van der Waals surface area contributed by atoms with Crippen LogP contribution in [0, 0.1) is 0 Å². The number of aromatic nitrogens is 2. The highest BCUT2D eigenvalue weighted by Crippen LogP contribution is 2.19. The molecular weight excluding hydrogens is 342 g/mol. The number of aromatic amines is 1. The van der Waals surface area contributed by atoms with Gasteiger partial charge in [-0.1, -0.05) is 18.2 Å². The number of esters is 1. The van der Waals surface area contributed by atoms with Crippen LogP contribution in [0.2, 0.25) is 0 Å². The van der Waals surface area contributed by atoms with Crippen molar-refractivity contribution in [1.29, 1.82) is 0 Å². The number of ether oxygens (including phenoxy) is 2. The third-order valence-corrected chi connectivity index (χ3v) is 3.80. The SMILES string of the molecule is COc1ccccc1CCC(=O)OCC(=O)c1c(N)n(C)c(=O)[nH]c1=O. The molecule has 0 atom stereocenters. The largest absolute Gasteiger partial charge is 0.496 e. The molecule has 0 aliphatic rings. The lowest BCUT2D eigenvalue weighted by molar-refractivity contribution is -0.142. The van der Waals surface area contributed by atoms with E-state index in [1.54, 1.807) is 6.07 Å². The Labute approximate surface area is 148 Å². The third-order valence-electron chi connectivity index (χ3n) is 3.80. The highest BCUT2D eigenvalue weighted by Gasteiger charge is 2.19. The molecule has 0 radical (unpaired) electrons. The standard InChI is InChI=1S/C17H19N3O6/c1-20-15(18)14(16(23)19-17(20)24)11(21)9-26-13(22)8-7-10-5-3-4-6-12(10)25-2/h3-6H,7-9,18H2,1-2H3,(H,19,23,24). The Kier molecular flexibility index (Phi) is 5.94. The number of methoxy groups -OCH3 is 1. The van der Waals surface area contributed by atoms with E-state index in [2.05, 4.69) is 0 Å². The number of rotatable bonds is 7. The van der Waals surface area contributed by atoms with Crippen molar-refractivity contribution >= 4 is 17.6 Å². The number of benzene rings is 1. The zero-order valence-electron chi connectivity index (χ0n) is 14.4. The Bertz CT molecular complexity index is 944. The Morgan fingerprint density at radius 1 is 1.23 bits per heavy atom. The fourth-order valence-electron chi connectivity index (χ4n) is 2.34. The van der Waals surface area contributed by atoms with Crippen molar-refractivity contribution in [3.8, 4) is 5.75 Å². The van der Waals surface area contributed by atoms with E-state index in [9.17, 15) is 19.2 Å². The fraction of sp³-hybridized carbons (Fsp3) is 0.294. The lowest BCUT2D eigenvalue weighted by atomic mass is 10.1. The number of hydrogen-bond acceptors (Lipinski definition) is 7. The fourth-order valence-corrected chi connectivity index (χ4v) is 2.34. The number of ketones is 1. The smallest absolute Gasteiger partial charge is 0.329 e. The molecule has 0 aliphatic carbocycles. The molecule has 0 bridgehead atoms. The molecular formula is C17H19N3O6. The summed E-state index contributed by atoms with van der Waals surface area (Å²) in [5.74, 6) is -1.02. The molecule has 9 nitrogen and oxygen atoms in total. The van der Waals surface area contributed by atoms with Crippen LogP contribution in [0.3, 0.4) is 0 Å². The number of nitrogens with zero attached hydrogens (tertiary/aromatic N) is 1. The Morgan fingerprint density at radius 3 is 2.62 bits per heavy atom. The second-order valence-corrected chi connectivity index (χ2v) is 5.47. The molecule has 26 heavy (non-hydrogen) atoms. The first-order valence-electron chi connectivity index (χ1n) is 7.74. The number of anilines is 1. The van der Waals surface area contributed by atoms with Crippen molar-refractivity contribution in [3.05, 3.63) is 56.2 Å². The number of nitrogens with one attached hydrogen (secondary N) is 1. The molecule has 0 fully saturated rings. The molecule has 0 aliphatic heterocycles. The van der Waals surface area contributed by atoms with Crippen LogP contribution in [0.4, 0.5) is 5.82 Å². The quantitative estimate of drug-likeness (QED) is 0.524. The number of nitrogen functional groups attached to an aromatic ring is 1. The minimum Gasteiger partial charge on any atom is -0.496 e. The van der Waals surface area contributed by atoms with Crippen molar-refractivity contribution in [1.82, 2.24) is 9.55 Å². The van der Waals surface area contributed by atoms with E-state index in [4.69, 9.17) is 15.2 Å². The van der Waals surface area contributed by atoms with Gasteiger partial charge < -0.3 is 15.2 Å². The molecule has 9 heteroatoms. The second kappa shape index (κ2) is 8.15. The minimum atomic E-state index is -0.916. The van der Waals surface area contributed by atoms with Crippen molar-refractivity contribution in [2.75, 3.05) is 19.5 Å². The van der Waals surface area contributed by atoms with E-state index in [0.717, 1.165) is 10.1 Å². The number of para-hydroxylation sites is 1. The Morgan fingerprint density at radius 2 is 1.92 bits per heavy atom. The summed E-state index contributed by atoms with van der Waals surface area (Å²) in [4.78, 5) is 49.1. The highest BCUT2D eigenvalue weighted by molar-refractivity contribution is 6.01. The average Bonchev–Trinajstić information content (AvgIpc) is 2.63. The predicted octanol–water partition coefficient (Wildman–Crippen LogP) is 0.0231. The predicted molar refractivity (Wildman–Crippen MR) is 93.3 cm³/mol. The lowest BCUT2D eigenvalue weighted by Crippen LogP contribution is -2.35. The molecule has 3 N–H and O–H groups in total. The zero-order chi connectivity index (χ0) is 19.3. The molecule has 1 aromatic carbocycles. The maximum Gasteiger partial charge on any atom is 0.329 e. The molecule has 0 saturated carbocycles. The van der Waals surface area contributed by atoms with Crippen LogP contribution in [0.5, 0.6) is 5.75 Å². The number of H-pyrrole nitrogens is 1. The van der Waals surface area contributed by atoms with E-state index in [-0.39, 0.29) is 12.2 Å². The van der Waals surface area contributed by atoms with Gasteiger partial charge in [0.25, 0.3) is 5.56 Å². The van der Waals surface area contributed by atoms with Crippen LogP contribution >= 0.6 is 0 Å². The Hall–Kier alpha value is -3.36. The van der Waals surface area contributed by atoms with Crippen molar-refractivity contribution in [2.24, 2.45) is 7.05 Å².